The second kappa shape index (κ2) is 9.78. The number of esters is 1. The van der Waals surface area contributed by atoms with Gasteiger partial charge in [0.1, 0.15) is 11.0 Å². The third-order valence-electron chi connectivity index (χ3n) is 4.90. The average Bonchev–Trinajstić information content (AvgIpc) is 3.03. The number of carbonyl (C=O) groups excluding carboxylic acids is 2. The van der Waals surface area contributed by atoms with Crippen LogP contribution in [-0.2, 0) is 14.3 Å². The Morgan fingerprint density at radius 3 is 2.38 bits per heavy atom. The molecule has 3 rings (SSSR count). The number of anilines is 1. The standard InChI is InChI=1S/C24H23ClFN3O3/c1-14-6-5-7-15(2)22(14)27-24(31)17(4)32-21(30)13-12-20-16(3)28-29(23(20)25)19-10-8-18(26)9-11-19/h5-13,17H,1-4H3,(H,27,31)/b13-12+. The molecule has 1 aromatic heterocycles. The molecule has 166 valence electrons. The van der Waals surface area contributed by atoms with Crippen molar-refractivity contribution in [2.45, 2.75) is 33.8 Å². The van der Waals surface area contributed by atoms with Gasteiger partial charge in [0.25, 0.3) is 5.91 Å². The number of aryl methyl sites for hydroxylation is 3. The van der Waals surface area contributed by atoms with Gasteiger partial charge in [-0.15, -0.1) is 0 Å². The SMILES string of the molecule is Cc1cccc(C)c1NC(=O)C(C)OC(=O)/C=C/c1c(C)nn(-c2ccc(F)cc2)c1Cl. The molecule has 6 nitrogen and oxygen atoms in total. The minimum atomic E-state index is -0.996. The van der Waals surface area contributed by atoms with Crippen LogP contribution in [0.2, 0.25) is 5.15 Å². The molecule has 0 aliphatic heterocycles. The van der Waals surface area contributed by atoms with Crippen molar-refractivity contribution in [3.8, 4) is 5.69 Å². The number of ether oxygens (including phenoxy) is 1. The molecule has 8 heteroatoms. The second-order valence-corrected chi connectivity index (χ2v) is 7.70. The van der Waals surface area contributed by atoms with Crippen LogP contribution in [0.4, 0.5) is 10.1 Å². The summed E-state index contributed by atoms with van der Waals surface area (Å²) in [6, 6.07) is 11.4. The highest BCUT2D eigenvalue weighted by Crippen LogP contribution is 2.25. The normalized spacial score (nSPS) is 12.1. The zero-order chi connectivity index (χ0) is 23.4. The van der Waals surface area contributed by atoms with Gasteiger partial charge in [0.2, 0.25) is 0 Å². The lowest BCUT2D eigenvalue weighted by Crippen LogP contribution is -2.30. The van der Waals surface area contributed by atoms with Gasteiger partial charge in [-0.2, -0.15) is 5.10 Å². The van der Waals surface area contributed by atoms with E-state index in [-0.39, 0.29) is 11.0 Å². The zero-order valence-corrected chi connectivity index (χ0v) is 18.9. The number of hydrogen-bond acceptors (Lipinski definition) is 4. The van der Waals surface area contributed by atoms with Crippen LogP contribution in [0.5, 0.6) is 0 Å². The Kier molecular flexibility index (Phi) is 7.10. The van der Waals surface area contributed by atoms with Crippen LogP contribution in [0.3, 0.4) is 0 Å². The number of nitrogens with one attached hydrogen (secondary N) is 1. The molecule has 1 unspecified atom stereocenters. The first kappa shape index (κ1) is 23.2. The quantitative estimate of drug-likeness (QED) is 0.411. The van der Waals surface area contributed by atoms with Gasteiger partial charge < -0.3 is 10.1 Å². The van der Waals surface area contributed by atoms with Crippen LogP contribution in [-0.4, -0.2) is 27.8 Å². The van der Waals surface area contributed by atoms with Gasteiger partial charge in [0.15, 0.2) is 6.10 Å². The van der Waals surface area contributed by atoms with E-state index in [1.165, 1.54) is 35.9 Å². The van der Waals surface area contributed by atoms with E-state index in [4.69, 9.17) is 16.3 Å². The summed E-state index contributed by atoms with van der Waals surface area (Å²) >= 11 is 6.40. The molecule has 0 aliphatic rings. The number of benzene rings is 2. The van der Waals surface area contributed by atoms with Crippen LogP contribution in [0.1, 0.15) is 29.3 Å². The maximum absolute atomic E-state index is 13.2. The van der Waals surface area contributed by atoms with Gasteiger partial charge in [0.05, 0.1) is 11.4 Å². The van der Waals surface area contributed by atoms with Gasteiger partial charge >= 0.3 is 5.97 Å². The third-order valence-corrected chi connectivity index (χ3v) is 5.26. The maximum atomic E-state index is 13.2. The number of halogens is 2. The summed E-state index contributed by atoms with van der Waals surface area (Å²) in [5, 5.41) is 7.40. The smallest absolute Gasteiger partial charge is 0.331 e. The first-order chi connectivity index (χ1) is 15.2. The molecule has 1 atom stereocenters. The first-order valence-electron chi connectivity index (χ1n) is 9.94. The molecule has 0 spiro atoms. The van der Waals surface area contributed by atoms with E-state index >= 15 is 0 Å². The summed E-state index contributed by atoms with van der Waals surface area (Å²) < 4.78 is 19.8. The van der Waals surface area contributed by atoms with Crippen molar-refractivity contribution < 1.29 is 18.7 Å². The van der Waals surface area contributed by atoms with Crippen LogP contribution in [0.25, 0.3) is 11.8 Å². The second-order valence-electron chi connectivity index (χ2n) is 7.35. The molecule has 0 radical (unpaired) electrons. The number of nitrogens with zero attached hydrogens (tertiary/aromatic N) is 2. The number of hydrogen-bond donors (Lipinski definition) is 1. The number of amides is 1. The predicted octanol–water partition coefficient (Wildman–Crippen LogP) is 5.17. The van der Waals surface area contributed by atoms with Crippen LogP contribution < -0.4 is 5.32 Å². The largest absolute Gasteiger partial charge is 0.449 e. The van der Waals surface area contributed by atoms with Gasteiger partial charge in [0, 0.05) is 17.3 Å². The van der Waals surface area contributed by atoms with Crippen molar-refractivity contribution in [2.75, 3.05) is 5.32 Å². The van der Waals surface area contributed by atoms with Crippen molar-refractivity contribution >= 4 is 35.2 Å². The Hall–Kier alpha value is -3.45. The molecule has 1 amide bonds. The van der Waals surface area contributed by atoms with Gasteiger partial charge in [-0.05, 0) is 69.2 Å². The highest BCUT2D eigenvalue weighted by atomic mass is 35.5. The third kappa shape index (κ3) is 5.23. The molecule has 0 saturated carbocycles. The highest BCUT2D eigenvalue weighted by molar-refractivity contribution is 6.31. The summed E-state index contributed by atoms with van der Waals surface area (Å²) in [5.41, 5.74) is 4.20. The Morgan fingerprint density at radius 2 is 1.75 bits per heavy atom. The van der Waals surface area contributed by atoms with Crippen molar-refractivity contribution in [1.82, 2.24) is 9.78 Å². The van der Waals surface area contributed by atoms with Gasteiger partial charge in [-0.25, -0.2) is 13.9 Å². The molecular formula is C24H23ClFN3O3. The topological polar surface area (TPSA) is 73.2 Å². The fourth-order valence-corrected chi connectivity index (χ4v) is 3.44. The van der Waals surface area contributed by atoms with Crippen LogP contribution >= 0.6 is 11.6 Å². The average molecular weight is 456 g/mol. The molecule has 1 N–H and O–H groups in total. The van der Waals surface area contributed by atoms with E-state index in [0.717, 1.165) is 11.1 Å². The van der Waals surface area contributed by atoms with Crippen LogP contribution in [0, 0.1) is 26.6 Å². The van der Waals surface area contributed by atoms with E-state index in [0.29, 0.717) is 22.6 Å². The minimum absolute atomic E-state index is 0.263. The van der Waals surface area contributed by atoms with E-state index in [1.54, 1.807) is 19.1 Å². The van der Waals surface area contributed by atoms with E-state index in [1.807, 2.05) is 32.0 Å². The van der Waals surface area contributed by atoms with Crippen molar-refractivity contribution in [3.05, 3.63) is 81.9 Å². The van der Waals surface area contributed by atoms with Crippen molar-refractivity contribution in [1.29, 1.82) is 0 Å². The van der Waals surface area contributed by atoms with E-state index < -0.39 is 18.0 Å². The fourth-order valence-electron chi connectivity index (χ4n) is 3.11. The number of rotatable bonds is 6. The lowest BCUT2D eigenvalue weighted by atomic mass is 10.1. The van der Waals surface area contributed by atoms with E-state index in [2.05, 4.69) is 10.4 Å². The van der Waals surface area contributed by atoms with Crippen molar-refractivity contribution in [3.63, 3.8) is 0 Å². The fraction of sp³-hybridized carbons (Fsp3) is 0.208. The highest BCUT2D eigenvalue weighted by Gasteiger charge is 2.19. The predicted molar refractivity (Wildman–Crippen MR) is 122 cm³/mol. The minimum Gasteiger partial charge on any atom is -0.449 e. The molecule has 1 heterocycles. The molecule has 0 saturated heterocycles. The molecule has 0 bridgehead atoms. The molecular weight excluding hydrogens is 433 g/mol. The lowest BCUT2D eigenvalue weighted by molar-refractivity contribution is -0.148. The summed E-state index contributed by atoms with van der Waals surface area (Å²) in [7, 11) is 0. The summed E-state index contributed by atoms with van der Waals surface area (Å²) in [6.45, 7) is 7.01. The summed E-state index contributed by atoms with van der Waals surface area (Å²) in [6.07, 6.45) is 1.67. The summed E-state index contributed by atoms with van der Waals surface area (Å²) in [5.74, 6) is -1.49. The summed E-state index contributed by atoms with van der Waals surface area (Å²) in [4.78, 5) is 24.7. The monoisotopic (exact) mass is 455 g/mol. The number of para-hydroxylation sites is 1. The molecule has 3 aromatic rings. The van der Waals surface area contributed by atoms with Gasteiger partial charge in [-0.1, -0.05) is 29.8 Å². The Morgan fingerprint density at radius 1 is 1.12 bits per heavy atom. The molecule has 2 aromatic carbocycles. The molecule has 32 heavy (non-hydrogen) atoms. The van der Waals surface area contributed by atoms with Crippen molar-refractivity contribution in [2.24, 2.45) is 0 Å². The molecule has 0 aliphatic carbocycles. The Bertz CT molecular complexity index is 1170. The zero-order valence-electron chi connectivity index (χ0n) is 18.1. The first-order valence-corrected chi connectivity index (χ1v) is 10.3. The Balaban J connectivity index is 1.67. The maximum Gasteiger partial charge on any atom is 0.331 e. The lowest BCUT2D eigenvalue weighted by Gasteiger charge is -2.15. The number of carbonyl (C=O) groups is 2. The molecule has 0 fully saturated rings. The van der Waals surface area contributed by atoms with Crippen LogP contribution in [0.15, 0.2) is 48.5 Å². The van der Waals surface area contributed by atoms with Gasteiger partial charge in [-0.3, -0.25) is 4.79 Å². The Labute approximate surface area is 190 Å². The van der Waals surface area contributed by atoms with E-state index in [9.17, 15) is 14.0 Å². The number of aromatic nitrogens is 2.